The molecule has 1 aromatic carbocycles. The Labute approximate surface area is 300 Å². The Bertz CT molecular complexity index is 1600. The molecule has 1 aliphatic heterocycles. The number of carbonyl (C=O) groups excluding carboxylic acids is 2. The Hall–Kier alpha value is -3.09. The number of carbonyl (C=O) groups is 3. The molecule has 272 valence electrons. The average molecular weight is 684 g/mol. The summed E-state index contributed by atoms with van der Waals surface area (Å²) in [6.07, 6.45) is 14.2. The summed E-state index contributed by atoms with van der Waals surface area (Å²) in [6, 6.07) is 7.44. The highest BCUT2D eigenvalue weighted by Gasteiger charge is 2.70. The molecule has 5 fully saturated rings. The highest BCUT2D eigenvalue weighted by Crippen LogP contribution is 2.76. The van der Waals surface area contributed by atoms with Gasteiger partial charge in [-0.25, -0.2) is 9.59 Å². The Kier molecular flexibility index (Phi) is 8.66. The van der Waals surface area contributed by atoms with Crippen LogP contribution >= 0.6 is 0 Å². The Balaban J connectivity index is 1.14. The maximum absolute atomic E-state index is 13.6. The van der Waals surface area contributed by atoms with Crippen LogP contribution in [0.25, 0.3) is 5.57 Å². The quantitative estimate of drug-likeness (QED) is 0.251. The number of amides is 3. The maximum atomic E-state index is 13.6. The van der Waals surface area contributed by atoms with Gasteiger partial charge in [0.25, 0.3) is 0 Å². The first-order valence-electron chi connectivity index (χ1n) is 19.6. The minimum absolute atomic E-state index is 0.0195. The number of rotatable bonds is 7. The highest BCUT2D eigenvalue weighted by molar-refractivity contribution is 5.88. The Morgan fingerprint density at radius 1 is 0.940 bits per heavy atom. The Morgan fingerprint density at radius 2 is 1.68 bits per heavy atom. The van der Waals surface area contributed by atoms with E-state index in [0.29, 0.717) is 54.7 Å². The number of carboxylic acid groups (broad SMARTS) is 1. The summed E-state index contributed by atoms with van der Waals surface area (Å²) < 4.78 is 0. The van der Waals surface area contributed by atoms with Crippen LogP contribution in [0.4, 0.5) is 4.79 Å². The van der Waals surface area contributed by atoms with Crippen molar-refractivity contribution < 1.29 is 19.5 Å². The van der Waals surface area contributed by atoms with E-state index in [2.05, 4.69) is 64.8 Å². The molecule has 0 bridgehead atoms. The first-order valence-corrected chi connectivity index (χ1v) is 19.6. The lowest BCUT2D eigenvalue weighted by Gasteiger charge is -2.72. The lowest BCUT2D eigenvalue weighted by atomic mass is 9.33. The third-order valence-corrected chi connectivity index (χ3v) is 16.3. The first-order chi connectivity index (χ1) is 23.6. The van der Waals surface area contributed by atoms with Crippen LogP contribution in [-0.2, 0) is 4.79 Å². The van der Waals surface area contributed by atoms with E-state index in [9.17, 15) is 19.5 Å². The van der Waals surface area contributed by atoms with Crippen molar-refractivity contribution in [2.24, 2.45) is 51.2 Å². The number of allylic oxidation sites excluding steroid dienone is 3. The second-order valence-electron chi connectivity index (χ2n) is 18.6. The molecule has 1 aromatic rings. The number of nitrogens with zero attached hydrogens (tertiary/aromatic N) is 1. The number of carboxylic acids is 1. The lowest BCUT2D eigenvalue weighted by Crippen LogP contribution is -2.68. The maximum Gasteiger partial charge on any atom is 0.335 e. The van der Waals surface area contributed by atoms with Gasteiger partial charge in [0.1, 0.15) is 0 Å². The molecule has 6 aliphatic rings. The van der Waals surface area contributed by atoms with Gasteiger partial charge in [0.15, 0.2) is 0 Å². The van der Waals surface area contributed by atoms with Crippen molar-refractivity contribution in [3.63, 3.8) is 0 Å². The second kappa shape index (κ2) is 12.3. The molecule has 7 rings (SSSR count). The highest BCUT2D eigenvalue weighted by atomic mass is 16.4. The van der Waals surface area contributed by atoms with E-state index in [0.717, 1.165) is 50.6 Å². The SMILES string of the molecule is C=C(C)C1CCC2(NC(=O)NCCN3CCCC3=O)CCC3(C)C(CCC4C5(C)CC=C(c6ccc(C(=O)O)cc6)C(C)(C)C5CCC43C)C12. The van der Waals surface area contributed by atoms with E-state index in [1.54, 1.807) is 12.1 Å². The summed E-state index contributed by atoms with van der Waals surface area (Å²) >= 11 is 0. The largest absolute Gasteiger partial charge is 0.478 e. The number of benzene rings is 1. The molecule has 0 aromatic heterocycles. The lowest BCUT2D eigenvalue weighted by molar-refractivity contribution is -0.218. The van der Waals surface area contributed by atoms with E-state index in [1.165, 1.54) is 36.8 Å². The van der Waals surface area contributed by atoms with E-state index in [-0.39, 0.29) is 39.1 Å². The normalized spacial score (nSPS) is 40.1. The predicted molar refractivity (Wildman–Crippen MR) is 198 cm³/mol. The van der Waals surface area contributed by atoms with Gasteiger partial charge in [-0.1, -0.05) is 65.0 Å². The molecule has 3 N–H and O–H groups in total. The van der Waals surface area contributed by atoms with Gasteiger partial charge in [-0.15, -0.1) is 0 Å². The van der Waals surface area contributed by atoms with Crippen LogP contribution in [0.3, 0.4) is 0 Å². The fourth-order valence-corrected chi connectivity index (χ4v) is 13.8. The zero-order valence-electron chi connectivity index (χ0n) is 31.5. The van der Waals surface area contributed by atoms with Crippen molar-refractivity contribution in [3.05, 3.63) is 53.6 Å². The van der Waals surface area contributed by atoms with Gasteiger partial charge in [-0.05, 0) is 146 Å². The third kappa shape index (κ3) is 5.21. The number of urea groups is 1. The summed E-state index contributed by atoms with van der Waals surface area (Å²) in [5, 5.41) is 16.2. The molecule has 4 saturated carbocycles. The van der Waals surface area contributed by atoms with Crippen molar-refractivity contribution in [1.82, 2.24) is 15.5 Å². The van der Waals surface area contributed by atoms with Gasteiger partial charge in [-0.3, -0.25) is 4.79 Å². The second-order valence-corrected chi connectivity index (χ2v) is 18.6. The fourth-order valence-electron chi connectivity index (χ4n) is 13.8. The monoisotopic (exact) mass is 683 g/mol. The van der Waals surface area contributed by atoms with Gasteiger partial charge >= 0.3 is 12.0 Å². The zero-order chi connectivity index (χ0) is 35.9. The predicted octanol–water partition coefficient (Wildman–Crippen LogP) is 8.71. The number of hydrogen-bond acceptors (Lipinski definition) is 3. The van der Waals surface area contributed by atoms with Crippen molar-refractivity contribution in [1.29, 1.82) is 0 Å². The summed E-state index contributed by atoms with van der Waals surface area (Å²) in [5.74, 6) is 1.81. The van der Waals surface area contributed by atoms with Crippen LogP contribution in [0.5, 0.6) is 0 Å². The van der Waals surface area contributed by atoms with Crippen LogP contribution < -0.4 is 10.6 Å². The van der Waals surface area contributed by atoms with Crippen LogP contribution in [0, 0.1) is 51.2 Å². The summed E-state index contributed by atoms with van der Waals surface area (Å²) in [5.41, 5.74) is 4.45. The van der Waals surface area contributed by atoms with Crippen LogP contribution in [-0.4, -0.2) is 53.1 Å². The number of nitrogens with one attached hydrogen (secondary N) is 2. The number of aromatic carboxylic acids is 1. The van der Waals surface area contributed by atoms with Crippen LogP contribution in [0.15, 0.2) is 42.5 Å². The van der Waals surface area contributed by atoms with E-state index < -0.39 is 5.97 Å². The summed E-state index contributed by atoms with van der Waals surface area (Å²) in [4.78, 5) is 39.1. The molecule has 9 unspecified atom stereocenters. The molecule has 50 heavy (non-hydrogen) atoms. The van der Waals surface area contributed by atoms with E-state index in [4.69, 9.17) is 0 Å². The molecular weight excluding hydrogens is 622 g/mol. The van der Waals surface area contributed by atoms with Gasteiger partial charge in [0, 0.05) is 31.6 Å². The molecular formula is C43H61N3O4. The molecule has 5 aliphatic carbocycles. The van der Waals surface area contributed by atoms with E-state index in [1.807, 2.05) is 17.0 Å². The van der Waals surface area contributed by atoms with Crippen molar-refractivity contribution in [2.75, 3.05) is 19.6 Å². The standard InChI is InChI=1S/C43H61N3O4/c1-27(2)30-16-21-43(45-38(50)44-24-26-46-25-8-9-35(46)47)23-22-41(6)32(36(30)43)14-15-34-40(5)19-17-31(28-10-12-29(13-11-28)37(48)49)39(3,4)33(40)18-20-42(34,41)7/h10-13,17,30,32-34,36H,1,8-9,14-16,18-26H2,2-7H3,(H,48,49)(H2,44,45,50). The fraction of sp³-hybridized carbons (Fsp3) is 0.698. The van der Waals surface area contributed by atoms with Crippen LogP contribution in [0.2, 0.25) is 0 Å². The van der Waals surface area contributed by atoms with Crippen molar-refractivity contribution in [3.8, 4) is 0 Å². The molecule has 1 heterocycles. The first kappa shape index (κ1) is 35.3. The smallest absolute Gasteiger partial charge is 0.335 e. The van der Waals surface area contributed by atoms with Gasteiger partial charge < -0.3 is 20.6 Å². The molecule has 3 amide bonds. The third-order valence-electron chi connectivity index (χ3n) is 16.3. The average Bonchev–Trinajstić information content (AvgIpc) is 3.64. The summed E-state index contributed by atoms with van der Waals surface area (Å²) in [7, 11) is 0. The van der Waals surface area contributed by atoms with Gasteiger partial charge in [0.2, 0.25) is 5.91 Å². The molecule has 0 radical (unpaired) electrons. The molecule has 7 nitrogen and oxygen atoms in total. The van der Waals surface area contributed by atoms with Gasteiger partial charge in [-0.2, -0.15) is 0 Å². The summed E-state index contributed by atoms with van der Waals surface area (Å²) in [6.45, 7) is 21.4. The Morgan fingerprint density at radius 3 is 2.34 bits per heavy atom. The topological polar surface area (TPSA) is 98.7 Å². The van der Waals surface area contributed by atoms with Gasteiger partial charge in [0.05, 0.1) is 5.56 Å². The molecule has 0 spiro atoms. The number of likely N-dealkylation sites (tertiary alicyclic amines) is 1. The number of fused-ring (bicyclic) bond motifs is 7. The molecule has 7 heteroatoms. The van der Waals surface area contributed by atoms with Crippen LogP contribution in [0.1, 0.15) is 128 Å². The van der Waals surface area contributed by atoms with Crippen molar-refractivity contribution >= 4 is 23.5 Å². The minimum Gasteiger partial charge on any atom is -0.478 e. The zero-order valence-corrected chi connectivity index (χ0v) is 31.5. The molecule has 9 atom stereocenters. The molecule has 1 saturated heterocycles. The minimum atomic E-state index is -0.880. The number of hydrogen-bond donors (Lipinski definition) is 3. The van der Waals surface area contributed by atoms with Crippen molar-refractivity contribution in [2.45, 2.75) is 118 Å². The van der Waals surface area contributed by atoms with E-state index >= 15 is 0 Å².